The normalized spacial score (nSPS) is 21.5. The van der Waals surface area contributed by atoms with Gasteiger partial charge in [-0.25, -0.2) is 4.79 Å². The number of aromatic hydroxyl groups is 1. The highest BCUT2D eigenvalue weighted by molar-refractivity contribution is 5.98. The van der Waals surface area contributed by atoms with E-state index in [2.05, 4.69) is 0 Å². The van der Waals surface area contributed by atoms with Crippen LogP contribution in [0, 0.1) is 0 Å². The highest BCUT2D eigenvalue weighted by Gasteiger charge is 2.35. The van der Waals surface area contributed by atoms with Crippen molar-refractivity contribution in [3.63, 3.8) is 0 Å². The Morgan fingerprint density at radius 1 is 1.00 bits per heavy atom. The van der Waals surface area contributed by atoms with Gasteiger partial charge in [-0.2, -0.15) is 0 Å². The fraction of sp³-hybridized carbons (Fsp3) is 0.414. The van der Waals surface area contributed by atoms with E-state index in [-0.39, 0.29) is 29.3 Å². The Morgan fingerprint density at radius 2 is 1.76 bits per heavy atom. The van der Waals surface area contributed by atoms with Gasteiger partial charge in [-0.3, -0.25) is 9.59 Å². The minimum atomic E-state index is -0.668. The number of ketones is 1. The molecular formula is C29H32O8. The molecule has 2 atom stereocenters. The van der Waals surface area contributed by atoms with Crippen LogP contribution in [0.1, 0.15) is 84.8 Å². The lowest BCUT2D eigenvalue weighted by atomic mass is 9.83. The third-order valence-electron chi connectivity index (χ3n) is 6.79. The van der Waals surface area contributed by atoms with E-state index in [4.69, 9.17) is 18.9 Å². The number of esters is 2. The average Bonchev–Trinajstić information content (AvgIpc) is 2.86. The number of phenolic OH excluding ortho intramolecular Hbond substituents is 1. The summed E-state index contributed by atoms with van der Waals surface area (Å²) in [4.78, 5) is 38.0. The molecule has 2 aromatic rings. The first kappa shape index (κ1) is 26.3. The number of carbonyl (C=O) groups is 3. The zero-order chi connectivity index (χ0) is 26.5. The van der Waals surface area contributed by atoms with Crippen molar-refractivity contribution in [2.24, 2.45) is 0 Å². The van der Waals surface area contributed by atoms with Crippen LogP contribution in [0.4, 0.5) is 0 Å². The summed E-state index contributed by atoms with van der Waals surface area (Å²) < 4.78 is 22.0. The summed E-state index contributed by atoms with van der Waals surface area (Å²) in [6.45, 7) is 1.77. The molecule has 2 aliphatic heterocycles. The van der Waals surface area contributed by atoms with Gasteiger partial charge in [-0.1, -0.05) is 18.2 Å². The first-order chi connectivity index (χ1) is 17.8. The second kappa shape index (κ2) is 11.5. The molecule has 0 aromatic heterocycles. The van der Waals surface area contributed by atoms with Crippen LogP contribution in [0.5, 0.6) is 23.0 Å². The fourth-order valence-electron chi connectivity index (χ4n) is 4.87. The molecule has 8 nitrogen and oxygen atoms in total. The van der Waals surface area contributed by atoms with E-state index in [1.165, 1.54) is 14.2 Å². The standard InChI is InChI=1S/C29H32O8/c1-17-8-7-11-20(30)10-6-4-5-9-19-15-24-27(28(32)26(19)29(33)36-17)21(16-25(31)37-24)18-12-13-22(34-2)23(14-18)35-3/h5,9,12-15,17,21,32H,4,6-8,10-11,16H2,1-3H3/b9-5+. The predicted octanol–water partition coefficient (Wildman–Crippen LogP) is 5.33. The molecule has 2 heterocycles. The van der Waals surface area contributed by atoms with Crippen molar-refractivity contribution >= 4 is 23.8 Å². The molecule has 196 valence electrons. The quantitative estimate of drug-likeness (QED) is 0.438. The Labute approximate surface area is 216 Å². The number of methoxy groups -OCH3 is 2. The number of phenols is 1. The van der Waals surface area contributed by atoms with Crippen molar-refractivity contribution in [3.8, 4) is 23.0 Å². The molecule has 0 amide bonds. The molecule has 4 rings (SSSR count). The minimum Gasteiger partial charge on any atom is -0.507 e. The number of Topliss-reactive ketones (excluding diaryl/α,β-unsaturated/α-hetero) is 1. The van der Waals surface area contributed by atoms with Gasteiger partial charge in [0, 0.05) is 24.3 Å². The molecule has 8 heteroatoms. The lowest BCUT2D eigenvalue weighted by Gasteiger charge is -2.28. The van der Waals surface area contributed by atoms with E-state index in [0.29, 0.717) is 66.7 Å². The summed E-state index contributed by atoms with van der Waals surface area (Å²) in [5.41, 5.74) is 1.46. The molecule has 0 spiro atoms. The van der Waals surface area contributed by atoms with Crippen LogP contribution in [0.2, 0.25) is 0 Å². The molecule has 0 saturated heterocycles. The Balaban J connectivity index is 1.82. The van der Waals surface area contributed by atoms with Crippen LogP contribution < -0.4 is 14.2 Å². The summed E-state index contributed by atoms with van der Waals surface area (Å²) in [6.07, 6.45) is 6.52. The number of hydrogen-bond donors (Lipinski definition) is 1. The van der Waals surface area contributed by atoms with Gasteiger partial charge in [-0.05, 0) is 61.9 Å². The van der Waals surface area contributed by atoms with Gasteiger partial charge >= 0.3 is 11.9 Å². The van der Waals surface area contributed by atoms with Gasteiger partial charge in [0.05, 0.1) is 26.7 Å². The predicted molar refractivity (Wildman–Crippen MR) is 136 cm³/mol. The zero-order valence-corrected chi connectivity index (χ0v) is 21.4. The number of hydrogen-bond acceptors (Lipinski definition) is 8. The lowest BCUT2D eigenvalue weighted by molar-refractivity contribution is -0.135. The number of allylic oxidation sites excluding steroid dienone is 1. The molecule has 2 unspecified atom stereocenters. The van der Waals surface area contributed by atoms with Crippen molar-refractivity contribution < 1.29 is 38.4 Å². The number of cyclic esters (lactones) is 1. The zero-order valence-electron chi connectivity index (χ0n) is 21.4. The number of rotatable bonds is 3. The van der Waals surface area contributed by atoms with Gasteiger partial charge in [0.15, 0.2) is 11.5 Å². The Kier molecular flexibility index (Phi) is 8.16. The van der Waals surface area contributed by atoms with E-state index in [9.17, 15) is 19.5 Å². The molecule has 2 aliphatic rings. The van der Waals surface area contributed by atoms with E-state index >= 15 is 0 Å². The van der Waals surface area contributed by atoms with E-state index in [1.54, 1.807) is 37.3 Å². The number of benzene rings is 2. The number of carbonyl (C=O) groups excluding carboxylic acids is 3. The summed E-state index contributed by atoms with van der Waals surface area (Å²) in [5.74, 6) is -0.572. The van der Waals surface area contributed by atoms with Gasteiger partial charge in [0.25, 0.3) is 0 Å². The van der Waals surface area contributed by atoms with Gasteiger partial charge in [0.1, 0.15) is 22.8 Å². The third-order valence-corrected chi connectivity index (χ3v) is 6.79. The van der Waals surface area contributed by atoms with E-state index < -0.39 is 24.0 Å². The number of fused-ring (bicyclic) bond motifs is 2. The van der Waals surface area contributed by atoms with Crippen LogP contribution in [-0.4, -0.2) is 43.2 Å². The van der Waals surface area contributed by atoms with Crippen LogP contribution in [0.15, 0.2) is 30.3 Å². The molecule has 1 N–H and O–H groups in total. The molecule has 0 aliphatic carbocycles. The first-order valence-corrected chi connectivity index (χ1v) is 12.5. The van der Waals surface area contributed by atoms with Crippen molar-refractivity contribution in [3.05, 3.63) is 52.6 Å². The molecular weight excluding hydrogens is 476 g/mol. The van der Waals surface area contributed by atoms with Gasteiger partial charge in [0.2, 0.25) is 0 Å². The Bertz CT molecular complexity index is 1230. The summed E-state index contributed by atoms with van der Waals surface area (Å²) in [6, 6.07) is 6.86. The molecule has 0 saturated carbocycles. The molecule has 0 bridgehead atoms. The maximum atomic E-state index is 13.3. The van der Waals surface area contributed by atoms with Crippen LogP contribution >= 0.6 is 0 Å². The molecule has 0 fully saturated rings. The van der Waals surface area contributed by atoms with Crippen molar-refractivity contribution in [1.82, 2.24) is 0 Å². The monoisotopic (exact) mass is 508 g/mol. The second-order valence-corrected chi connectivity index (χ2v) is 9.39. The number of ether oxygens (including phenoxy) is 4. The molecule has 37 heavy (non-hydrogen) atoms. The lowest BCUT2D eigenvalue weighted by Crippen LogP contribution is -2.23. The highest BCUT2D eigenvalue weighted by atomic mass is 16.5. The third kappa shape index (κ3) is 5.79. The summed E-state index contributed by atoms with van der Waals surface area (Å²) in [5, 5.41) is 11.5. The van der Waals surface area contributed by atoms with Crippen molar-refractivity contribution in [2.45, 2.75) is 63.9 Å². The fourth-order valence-corrected chi connectivity index (χ4v) is 4.87. The maximum absolute atomic E-state index is 13.3. The second-order valence-electron chi connectivity index (χ2n) is 9.39. The Morgan fingerprint density at radius 3 is 2.51 bits per heavy atom. The molecule has 0 radical (unpaired) electrons. The topological polar surface area (TPSA) is 108 Å². The highest BCUT2D eigenvalue weighted by Crippen LogP contribution is 2.48. The Hall–Kier alpha value is -3.81. The van der Waals surface area contributed by atoms with E-state index in [0.717, 1.165) is 0 Å². The smallest absolute Gasteiger partial charge is 0.342 e. The SMILES string of the molecule is COc1ccc(C2CC(=O)Oc3cc4c(c(O)c32)C(=O)OC(C)CCCC(=O)CCC/C=C/4)cc1OC. The van der Waals surface area contributed by atoms with Gasteiger partial charge < -0.3 is 24.1 Å². The maximum Gasteiger partial charge on any atom is 0.342 e. The summed E-state index contributed by atoms with van der Waals surface area (Å²) >= 11 is 0. The van der Waals surface area contributed by atoms with Crippen LogP contribution in [-0.2, 0) is 14.3 Å². The van der Waals surface area contributed by atoms with Crippen molar-refractivity contribution in [1.29, 1.82) is 0 Å². The van der Waals surface area contributed by atoms with Gasteiger partial charge in [-0.15, -0.1) is 0 Å². The largest absolute Gasteiger partial charge is 0.507 e. The average molecular weight is 509 g/mol. The van der Waals surface area contributed by atoms with Crippen LogP contribution in [0.25, 0.3) is 6.08 Å². The molecule has 2 aromatic carbocycles. The minimum absolute atomic E-state index is 0.0237. The summed E-state index contributed by atoms with van der Waals surface area (Å²) in [7, 11) is 3.05. The van der Waals surface area contributed by atoms with Crippen molar-refractivity contribution in [2.75, 3.05) is 14.2 Å². The van der Waals surface area contributed by atoms with Crippen LogP contribution in [0.3, 0.4) is 0 Å². The first-order valence-electron chi connectivity index (χ1n) is 12.5. The van der Waals surface area contributed by atoms with E-state index in [1.807, 2.05) is 6.08 Å².